The Morgan fingerprint density at radius 3 is 2.21 bits per heavy atom. The third kappa shape index (κ3) is 5.18. The van der Waals surface area contributed by atoms with Crippen molar-refractivity contribution in [3.05, 3.63) is 82.9 Å². The Hall–Kier alpha value is -4.37. The molecule has 1 saturated heterocycles. The van der Waals surface area contributed by atoms with Gasteiger partial charge < -0.3 is 24.0 Å². The number of rotatable bonds is 6. The number of carbonyl (C=O) groups excluding carboxylic acids is 3. The zero-order valence-corrected chi connectivity index (χ0v) is 21.7. The van der Waals surface area contributed by atoms with Crippen molar-refractivity contribution in [3.63, 3.8) is 0 Å². The van der Waals surface area contributed by atoms with Crippen LogP contribution in [0.3, 0.4) is 0 Å². The summed E-state index contributed by atoms with van der Waals surface area (Å²) >= 11 is 0. The number of hydrogen-bond donors (Lipinski definition) is 0. The van der Waals surface area contributed by atoms with Crippen molar-refractivity contribution >= 4 is 23.3 Å². The first-order valence-corrected chi connectivity index (χ1v) is 13.0. The average molecular weight is 528 g/mol. The van der Waals surface area contributed by atoms with E-state index in [0.29, 0.717) is 42.2 Å². The Morgan fingerprint density at radius 1 is 0.744 bits per heavy atom. The summed E-state index contributed by atoms with van der Waals surface area (Å²) in [6, 6.07) is 18.5. The van der Waals surface area contributed by atoms with Gasteiger partial charge in [0.2, 0.25) is 6.79 Å². The fourth-order valence-corrected chi connectivity index (χ4v) is 5.12. The molecule has 0 bridgehead atoms. The van der Waals surface area contributed by atoms with Gasteiger partial charge in [0.25, 0.3) is 11.8 Å². The minimum Gasteiger partial charge on any atom is -0.482 e. The Morgan fingerprint density at radius 2 is 1.44 bits per heavy atom. The van der Waals surface area contributed by atoms with E-state index in [1.165, 1.54) is 6.92 Å². The molecule has 0 spiro atoms. The molecule has 0 unspecified atom stereocenters. The van der Waals surface area contributed by atoms with Crippen LogP contribution < -0.4 is 19.1 Å². The molecule has 1 fully saturated rings. The highest BCUT2D eigenvalue weighted by atomic mass is 16.7. The van der Waals surface area contributed by atoms with Crippen molar-refractivity contribution in [2.24, 2.45) is 0 Å². The highest BCUT2D eigenvalue weighted by Gasteiger charge is 2.27. The molecule has 9 nitrogen and oxygen atoms in total. The first-order chi connectivity index (χ1) is 18.9. The van der Waals surface area contributed by atoms with Gasteiger partial charge in [-0.2, -0.15) is 0 Å². The third-order valence-corrected chi connectivity index (χ3v) is 7.35. The van der Waals surface area contributed by atoms with Gasteiger partial charge in [0.15, 0.2) is 23.9 Å². The van der Waals surface area contributed by atoms with Gasteiger partial charge in [-0.1, -0.05) is 18.2 Å². The van der Waals surface area contributed by atoms with Gasteiger partial charge in [-0.25, -0.2) is 0 Å². The molecular formula is C30H29N3O6. The van der Waals surface area contributed by atoms with Gasteiger partial charge in [0.1, 0.15) is 5.75 Å². The second-order valence-electron chi connectivity index (χ2n) is 9.96. The van der Waals surface area contributed by atoms with Gasteiger partial charge in [-0.15, -0.1) is 0 Å². The van der Waals surface area contributed by atoms with Crippen LogP contribution in [0.25, 0.3) is 0 Å². The van der Waals surface area contributed by atoms with Crippen LogP contribution in [-0.4, -0.2) is 67.0 Å². The zero-order chi connectivity index (χ0) is 26.9. The van der Waals surface area contributed by atoms with Crippen molar-refractivity contribution in [1.29, 1.82) is 0 Å². The van der Waals surface area contributed by atoms with Gasteiger partial charge >= 0.3 is 0 Å². The fourth-order valence-electron chi connectivity index (χ4n) is 5.12. The molecule has 3 aliphatic heterocycles. The van der Waals surface area contributed by atoms with Gasteiger partial charge in [-0.3, -0.25) is 19.3 Å². The first-order valence-electron chi connectivity index (χ1n) is 13.0. The lowest BCUT2D eigenvalue weighted by Crippen LogP contribution is -2.48. The maximum absolute atomic E-state index is 13.2. The van der Waals surface area contributed by atoms with Crippen molar-refractivity contribution in [1.82, 2.24) is 9.80 Å². The van der Waals surface area contributed by atoms with Crippen LogP contribution >= 0.6 is 0 Å². The first kappa shape index (κ1) is 24.9. The van der Waals surface area contributed by atoms with Gasteiger partial charge in [0.05, 0.1) is 12.2 Å². The summed E-state index contributed by atoms with van der Waals surface area (Å²) in [5.41, 5.74) is 3.77. The van der Waals surface area contributed by atoms with E-state index in [0.717, 1.165) is 42.3 Å². The summed E-state index contributed by atoms with van der Waals surface area (Å²) in [4.78, 5) is 43.5. The topological polar surface area (TPSA) is 88.6 Å². The minimum absolute atomic E-state index is 0.00294. The summed E-state index contributed by atoms with van der Waals surface area (Å²) in [6.07, 6.45) is 0. The molecule has 2 amide bonds. The Balaban J connectivity index is 1.07. The summed E-state index contributed by atoms with van der Waals surface area (Å²) in [6.45, 7) is 5.72. The van der Waals surface area contributed by atoms with Crippen LogP contribution in [0.2, 0.25) is 0 Å². The number of ketones is 1. The number of Topliss-reactive ketones (excluding diaryl/α,β-unsaturated/α-hetero) is 1. The molecule has 3 aromatic carbocycles. The predicted molar refractivity (Wildman–Crippen MR) is 143 cm³/mol. The van der Waals surface area contributed by atoms with E-state index in [9.17, 15) is 14.4 Å². The molecule has 39 heavy (non-hydrogen) atoms. The van der Waals surface area contributed by atoms with E-state index in [1.54, 1.807) is 23.1 Å². The lowest BCUT2D eigenvalue weighted by Gasteiger charge is -2.35. The Bertz CT molecular complexity index is 1430. The number of benzene rings is 3. The zero-order valence-electron chi connectivity index (χ0n) is 21.7. The molecule has 0 saturated carbocycles. The van der Waals surface area contributed by atoms with Crippen LogP contribution in [-0.2, 0) is 17.9 Å². The molecule has 3 aliphatic rings. The number of nitrogens with zero attached hydrogens (tertiary/aromatic N) is 3. The van der Waals surface area contributed by atoms with E-state index in [1.807, 2.05) is 41.3 Å². The SMILES string of the molecule is CC(=O)c1ccc2c(c1)N(Cc1ccc(C(=O)N3CCN(Cc4ccc5c(c4)OCO5)CC3)cc1)C(=O)CO2. The standard InChI is InChI=1S/C30H29N3O6/c1-20(34)24-7-9-26-25(15-24)33(29(35)18-37-26)17-21-2-5-23(6-3-21)30(36)32-12-10-31(11-13-32)16-22-4-8-27-28(14-22)39-19-38-27/h2-9,14-15H,10-13,16-19H2,1H3. The number of piperazine rings is 1. The van der Waals surface area contributed by atoms with Crippen LogP contribution in [0.1, 0.15) is 38.8 Å². The van der Waals surface area contributed by atoms with E-state index in [2.05, 4.69) is 11.0 Å². The molecule has 0 atom stereocenters. The molecule has 9 heteroatoms. The molecule has 0 radical (unpaired) electrons. The number of carbonyl (C=O) groups is 3. The normalized spacial score (nSPS) is 16.6. The molecule has 6 rings (SSSR count). The van der Waals surface area contributed by atoms with Gasteiger partial charge in [0, 0.05) is 43.9 Å². The Labute approximate surface area is 226 Å². The van der Waals surface area contributed by atoms with Crippen LogP contribution in [0.5, 0.6) is 17.2 Å². The number of ether oxygens (including phenoxy) is 3. The van der Waals surface area contributed by atoms with Crippen molar-refractivity contribution in [2.75, 3.05) is 44.5 Å². The van der Waals surface area contributed by atoms with Crippen LogP contribution in [0.15, 0.2) is 60.7 Å². The third-order valence-electron chi connectivity index (χ3n) is 7.35. The predicted octanol–water partition coefficient (Wildman–Crippen LogP) is 3.50. The highest BCUT2D eigenvalue weighted by Crippen LogP contribution is 2.35. The van der Waals surface area contributed by atoms with Crippen molar-refractivity contribution in [2.45, 2.75) is 20.0 Å². The summed E-state index contributed by atoms with van der Waals surface area (Å²) in [5, 5.41) is 0. The minimum atomic E-state index is -0.179. The second-order valence-corrected chi connectivity index (χ2v) is 9.96. The molecular weight excluding hydrogens is 498 g/mol. The summed E-state index contributed by atoms with van der Waals surface area (Å²) < 4.78 is 16.4. The van der Waals surface area contributed by atoms with Gasteiger partial charge in [-0.05, 0) is 60.5 Å². The second kappa shape index (κ2) is 10.4. The van der Waals surface area contributed by atoms with E-state index >= 15 is 0 Å². The lowest BCUT2D eigenvalue weighted by molar-refractivity contribution is -0.121. The summed E-state index contributed by atoms with van der Waals surface area (Å²) in [7, 11) is 0. The van der Waals surface area contributed by atoms with Crippen molar-refractivity contribution in [3.8, 4) is 17.2 Å². The Kier molecular flexibility index (Phi) is 6.66. The molecule has 3 heterocycles. The van der Waals surface area contributed by atoms with Crippen molar-refractivity contribution < 1.29 is 28.6 Å². The molecule has 0 aliphatic carbocycles. The van der Waals surface area contributed by atoms with E-state index in [4.69, 9.17) is 14.2 Å². The molecule has 200 valence electrons. The average Bonchev–Trinajstić information content (AvgIpc) is 3.43. The number of amides is 2. The van der Waals surface area contributed by atoms with Crippen LogP contribution in [0, 0.1) is 0 Å². The van der Waals surface area contributed by atoms with E-state index in [-0.39, 0.29) is 31.0 Å². The maximum atomic E-state index is 13.2. The largest absolute Gasteiger partial charge is 0.482 e. The fraction of sp³-hybridized carbons (Fsp3) is 0.300. The van der Waals surface area contributed by atoms with E-state index < -0.39 is 0 Å². The summed E-state index contributed by atoms with van der Waals surface area (Å²) in [5.74, 6) is 1.89. The maximum Gasteiger partial charge on any atom is 0.265 e. The van der Waals surface area contributed by atoms with Crippen LogP contribution in [0.4, 0.5) is 5.69 Å². The molecule has 0 aromatic heterocycles. The molecule has 0 N–H and O–H groups in total. The monoisotopic (exact) mass is 527 g/mol. The number of hydrogen-bond acceptors (Lipinski definition) is 7. The molecule has 3 aromatic rings. The lowest BCUT2D eigenvalue weighted by atomic mass is 10.1. The number of fused-ring (bicyclic) bond motifs is 2. The number of anilines is 1. The quantitative estimate of drug-likeness (QED) is 0.454. The smallest absolute Gasteiger partial charge is 0.265 e. The highest BCUT2D eigenvalue weighted by molar-refractivity contribution is 6.01.